The maximum absolute atomic E-state index is 13.4. The average Bonchev–Trinajstić information content (AvgIpc) is 2.36. The second-order valence-corrected chi connectivity index (χ2v) is 5.44. The highest BCUT2D eigenvalue weighted by atomic mass is 35.5. The minimum Gasteiger partial charge on any atom is -0.384 e. The molecule has 19 heavy (non-hydrogen) atoms. The summed E-state index contributed by atoms with van der Waals surface area (Å²) < 4.78 is 13.4. The molecule has 2 aromatic carbocycles. The normalized spacial score (nSPS) is 12.5. The summed E-state index contributed by atoms with van der Waals surface area (Å²) in [6.45, 7) is 1.60. The van der Waals surface area contributed by atoms with Gasteiger partial charge < -0.3 is 5.11 Å². The molecule has 100 valence electrons. The quantitative estimate of drug-likeness (QED) is 0.809. The van der Waals surface area contributed by atoms with Gasteiger partial charge in [0, 0.05) is 26.2 Å². The van der Waals surface area contributed by atoms with Gasteiger partial charge in [-0.2, -0.15) is 0 Å². The minimum atomic E-state index is -1.06. The van der Waals surface area contributed by atoms with Crippen molar-refractivity contribution in [2.45, 2.75) is 13.0 Å². The Morgan fingerprint density at radius 3 is 2.32 bits per heavy atom. The molecule has 0 aliphatic heterocycles. The average molecular weight is 320 g/mol. The molecule has 0 amide bonds. The Bertz CT molecular complexity index is 628. The van der Waals surface area contributed by atoms with E-state index in [9.17, 15) is 9.50 Å². The summed E-state index contributed by atoms with van der Waals surface area (Å²) in [6.07, 6.45) is -1.06. The van der Waals surface area contributed by atoms with Crippen LogP contribution in [0.3, 0.4) is 0 Å². The van der Waals surface area contributed by atoms with Crippen LogP contribution >= 0.6 is 34.8 Å². The summed E-state index contributed by atoms with van der Waals surface area (Å²) in [5.41, 5.74) is 1.23. The standard InChI is InChI=1S/C14H10Cl3FO/c1-7-4-9(12(17)6-13(7)18)14(19)10-5-8(15)2-3-11(10)16/h2-6,14,19H,1H3. The highest BCUT2D eigenvalue weighted by molar-refractivity contribution is 6.34. The molecule has 1 N–H and O–H groups in total. The molecule has 0 aliphatic rings. The van der Waals surface area contributed by atoms with Crippen molar-refractivity contribution in [2.24, 2.45) is 0 Å². The fourth-order valence-corrected chi connectivity index (χ4v) is 2.44. The van der Waals surface area contributed by atoms with Gasteiger partial charge in [0.2, 0.25) is 0 Å². The van der Waals surface area contributed by atoms with E-state index in [0.717, 1.165) is 0 Å². The summed E-state index contributed by atoms with van der Waals surface area (Å²) in [4.78, 5) is 0. The van der Waals surface area contributed by atoms with Gasteiger partial charge in [0.15, 0.2) is 0 Å². The van der Waals surface area contributed by atoms with E-state index >= 15 is 0 Å². The maximum Gasteiger partial charge on any atom is 0.127 e. The van der Waals surface area contributed by atoms with Crippen LogP contribution in [0.4, 0.5) is 4.39 Å². The molecule has 1 nitrogen and oxygen atoms in total. The predicted molar refractivity (Wildman–Crippen MR) is 76.7 cm³/mol. The van der Waals surface area contributed by atoms with Gasteiger partial charge in [0.25, 0.3) is 0 Å². The van der Waals surface area contributed by atoms with Crippen LogP contribution in [-0.4, -0.2) is 5.11 Å². The van der Waals surface area contributed by atoms with Crippen molar-refractivity contribution < 1.29 is 9.50 Å². The molecule has 1 atom stereocenters. The monoisotopic (exact) mass is 318 g/mol. The molecule has 0 saturated carbocycles. The van der Waals surface area contributed by atoms with Crippen molar-refractivity contribution in [3.8, 4) is 0 Å². The van der Waals surface area contributed by atoms with Crippen LogP contribution in [0.15, 0.2) is 30.3 Å². The summed E-state index contributed by atoms with van der Waals surface area (Å²) >= 11 is 17.9. The smallest absolute Gasteiger partial charge is 0.127 e. The summed E-state index contributed by atoms with van der Waals surface area (Å²) in [7, 11) is 0. The minimum absolute atomic E-state index is 0.145. The van der Waals surface area contributed by atoms with Crippen molar-refractivity contribution in [3.05, 3.63) is 67.9 Å². The van der Waals surface area contributed by atoms with Crippen LogP contribution in [0.2, 0.25) is 15.1 Å². The molecule has 0 aromatic heterocycles. The van der Waals surface area contributed by atoms with E-state index in [4.69, 9.17) is 34.8 Å². The van der Waals surface area contributed by atoms with Gasteiger partial charge in [-0.3, -0.25) is 0 Å². The largest absolute Gasteiger partial charge is 0.384 e. The number of aliphatic hydroxyl groups is 1. The van der Waals surface area contributed by atoms with Crippen molar-refractivity contribution >= 4 is 34.8 Å². The van der Waals surface area contributed by atoms with Gasteiger partial charge in [-0.25, -0.2) is 4.39 Å². The maximum atomic E-state index is 13.4. The number of benzene rings is 2. The van der Waals surface area contributed by atoms with Crippen LogP contribution in [0.25, 0.3) is 0 Å². The Labute approximate surface area is 125 Å². The molecule has 0 radical (unpaired) electrons. The van der Waals surface area contributed by atoms with E-state index in [-0.39, 0.29) is 5.02 Å². The first-order valence-corrected chi connectivity index (χ1v) is 6.62. The first kappa shape index (κ1) is 14.6. The lowest BCUT2D eigenvalue weighted by Crippen LogP contribution is -2.03. The predicted octanol–water partition coefficient (Wildman–Crippen LogP) is 5.18. The molecule has 0 spiro atoms. The summed E-state index contributed by atoms with van der Waals surface area (Å²) in [6, 6.07) is 7.45. The Morgan fingerprint density at radius 2 is 1.63 bits per heavy atom. The van der Waals surface area contributed by atoms with Gasteiger partial charge in [0.1, 0.15) is 11.9 Å². The van der Waals surface area contributed by atoms with Gasteiger partial charge in [-0.15, -0.1) is 0 Å². The SMILES string of the molecule is Cc1cc(C(O)c2cc(Cl)ccc2Cl)c(Cl)cc1F. The second-order valence-electron chi connectivity index (χ2n) is 4.19. The number of aliphatic hydroxyl groups excluding tert-OH is 1. The van der Waals surface area contributed by atoms with Crippen molar-refractivity contribution in [1.29, 1.82) is 0 Å². The molecular formula is C14H10Cl3FO. The van der Waals surface area contributed by atoms with Crippen molar-refractivity contribution in [2.75, 3.05) is 0 Å². The van der Waals surface area contributed by atoms with Gasteiger partial charge >= 0.3 is 0 Å². The first-order chi connectivity index (χ1) is 8.90. The number of rotatable bonds is 2. The Morgan fingerprint density at radius 1 is 1.00 bits per heavy atom. The lowest BCUT2D eigenvalue weighted by atomic mass is 9.99. The van der Waals surface area contributed by atoms with Crippen LogP contribution < -0.4 is 0 Å². The molecular weight excluding hydrogens is 310 g/mol. The Balaban J connectivity index is 2.52. The van der Waals surface area contributed by atoms with E-state index in [1.54, 1.807) is 25.1 Å². The molecule has 2 aromatic rings. The lowest BCUT2D eigenvalue weighted by molar-refractivity contribution is 0.220. The van der Waals surface area contributed by atoms with E-state index < -0.39 is 11.9 Å². The zero-order valence-corrected chi connectivity index (χ0v) is 12.2. The summed E-state index contributed by atoms with van der Waals surface area (Å²) in [5, 5.41) is 11.3. The van der Waals surface area contributed by atoms with E-state index in [0.29, 0.717) is 26.7 Å². The lowest BCUT2D eigenvalue weighted by Gasteiger charge is -2.16. The fourth-order valence-electron chi connectivity index (χ4n) is 1.78. The number of aryl methyl sites for hydroxylation is 1. The zero-order valence-electron chi connectivity index (χ0n) is 9.92. The molecule has 2 rings (SSSR count). The van der Waals surface area contributed by atoms with E-state index in [1.807, 2.05) is 0 Å². The molecule has 0 heterocycles. The van der Waals surface area contributed by atoms with Crippen LogP contribution in [0.1, 0.15) is 22.8 Å². The third-order valence-electron chi connectivity index (χ3n) is 2.83. The molecule has 0 fully saturated rings. The van der Waals surface area contributed by atoms with Crippen molar-refractivity contribution in [1.82, 2.24) is 0 Å². The Hall–Kier alpha value is -0.800. The molecule has 5 heteroatoms. The molecule has 1 unspecified atom stereocenters. The topological polar surface area (TPSA) is 20.2 Å². The first-order valence-electron chi connectivity index (χ1n) is 5.48. The van der Waals surface area contributed by atoms with Gasteiger partial charge in [-0.05, 0) is 42.8 Å². The molecule has 0 bridgehead atoms. The zero-order chi connectivity index (χ0) is 14.2. The van der Waals surface area contributed by atoms with Crippen LogP contribution in [0, 0.1) is 12.7 Å². The third kappa shape index (κ3) is 3.03. The highest BCUT2D eigenvalue weighted by Crippen LogP contribution is 2.34. The Kier molecular flexibility index (Phi) is 4.36. The molecule has 0 aliphatic carbocycles. The number of halogens is 4. The van der Waals surface area contributed by atoms with Gasteiger partial charge in [-0.1, -0.05) is 34.8 Å². The fraction of sp³-hybridized carbons (Fsp3) is 0.143. The van der Waals surface area contributed by atoms with Crippen LogP contribution in [-0.2, 0) is 0 Å². The van der Waals surface area contributed by atoms with E-state index in [1.165, 1.54) is 12.1 Å². The van der Waals surface area contributed by atoms with Crippen LogP contribution in [0.5, 0.6) is 0 Å². The number of hydrogen-bond acceptors (Lipinski definition) is 1. The van der Waals surface area contributed by atoms with Crippen molar-refractivity contribution in [3.63, 3.8) is 0 Å². The molecule has 0 saturated heterocycles. The highest BCUT2D eigenvalue weighted by Gasteiger charge is 2.18. The third-order valence-corrected chi connectivity index (χ3v) is 3.73. The second kappa shape index (κ2) is 5.68. The summed E-state index contributed by atoms with van der Waals surface area (Å²) in [5.74, 6) is -0.418. The van der Waals surface area contributed by atoms with Gasteiger partial charge in [0.05, 0.1) is 0 Å². The van der Waals surface area contributed by atoms with E-state index in [2.05, 4.69) is 0 Å². The number of hydrogen-bond donors (Lipinski definition) is 1.